The van der Waals surface area contributed by atoms with E-state index in [1.54, 1.807) is 29.4 Å². The zero-order valence-electron chi connectivity index (χ0n) is 19.8. The number of rotatable bonds is 6. The van der Waals surface area contributed by atoms with Gasteiger partial charge in [0.1, 0.15) is 11.6 Å². The predicted octanol–water partition coefficient (Wildman–Crippen LogP) is 7.23. The summed E-state index contributed by atoms with van der Waals surface area (Å²) in [6, 6.07) is 28.0. The van der Waals surface area contributed by atoms with Gasteiger partial charge in [-0.3, -0.25) is 9.69 Å². The number of aliphatic imine (C=N–C) groups is 1. The van der Waals surface area contributed by atoms with Crippen molar-refractivity contribution in [1.29, 1.82) is 0 Å². The van der Waals surface area contributed by atoms with Gasteiger partial charge in [-0.15, -0.1) is 0 Å². The molecular weight excluding hydrogens is 485 g/mol. The highest BCUT2D eigenvalue weighted by Gasteiger charge is 2.34. The van der Waals surface area contributed by atoms with Gasteiger partial charge in [0.15, 0.2) is 5.17 Å². The first kappa shape index (κ1) is 23.1. The first-order chi connectivity index (χ1) is 18.2. The quantitative estimate of drug-likeness (QED) is 0.228. The molecule has 0 radical (unpaired) electrons. The number of nitrogens with zero attached hydrogens (tertiary/aromatic N) is 3. The maximum atomic E-state index is 14.4. The number of halogens is 1. The third kappa shape index (κ3) is 4.73. The highest BCUT2D eigenvalue weighted by molar-refractivity contribution is 8.18. The van der Waals surface area contributed by atoms with E-state index in [2.05, 4.69) is 0 Å². The Morgan fingerprint density at radius 3 is 2.49 bits per heavy atom. The van der Waals surface area contributed by atoms with E-state index in [1.165, 1.54) is 17.8 Å². The second-order valence-corrected chi connectivity index (χ2v) is 9.64. The molecule has 3 aromatic carbocycles. The molecule has 0 bridgehead atoms. The van der Waals surface area contributed by atoms with Crippen molar-refractivity contribution in [3.05, 3.63) is 131 Å². The molecule has 0 unspecified atom stereocenters. The number of aromatic nitrogens is 1. The summed E-state index contributed by atoms with van der Waals surface area (Å²) < 4.78 is 21.9. The second-order valence-electron chi connectivity index (χ2n) is 8.63. The Kier molecular flexibility index (Phi) is 6.20. The third-order valence-corrected chi connectivity index (χ3v) is 7.17. The van der Waals surface area contributed by atoms with Crippen LogP contribution in [0.25, 0.3) is 17.0 Å². The molecule has 0 aliphatic carbocycles. The number of thioether (sulfide) groups is 1. The number of furan rings is 1. The van der Waals surface area contributed by atoms with Crippen molar-refractivity contribution in [2.24, 2.45) is 4.99 Å². The van der Waals surface area contributed by atoms with Crippen molar-refractivity contribution >= 4 is 45.5 Å². The molecule has 0 saturated carbocycles. The minimum Gasteiger partial charge on any atom is -0.467 e. The van der Waals surface area contributed by atoms with Crippen LogP contribution in [0.15, 0.2) is 118 Å². The van der Waals surface area contributed by atoms with E-state index in [-0.39, 0.29) is 18.3 Å². The summed E-state index contributed by atoms with van der Waals surface area (Å²) in [5, 5.41) is 1.58. The van der Waals surface area contributed by atoms with E-state index in [0.717, 1.165) is 22.2 Å². The van der Waals surface area contributed by atoms with Gasteiger partial charge in [-0.1, -0.05) is 54.6 Å². The molecule has 0 spiro atoms. The normalized spacial score (nSPS) is 15.9. The van der Waals surface area contributed by atoms with Crippen LogP contribution in [0.5, 0.6) is 0 Å². The summed E-state index contributed by atoms with van der Waals surface area (Å²) in [6.07, 6.45) is 5.47. The first-order valence-electron chi connectivity index (χ1n) is 11.8. The van der Waals surface area contributed by atoms with Gasteiger partial charge in [0, 0.05) is 28.2 Å². The molecule has 3 heterocycles. The van der Waals surface area contributed by atoms with Crippen molar-refractivity contribution in [2.45, 2.75) is 13.1 Å². The van der Waals surface area contributed by atoms with Crippen LogP contribution in [0.3, 0.4) is 0 Å². The fourth-order valence-electron chi connectivity index (χ4n) is 4.37. The number of amidine groups is 1. The van der Waals surface area contributed by atoms with Crippen LogP contribution >= 0.6 is 11.8 Å². The van der Waals surface area contributed by atoms with Crippen LogP contribution in [0, 0.1) is 5.82 Å². The Balaban J connectivity index is 1.39. The summed E-state index contributed by atoms with van der Waals surface area (Å²) >= 11 is 1.34. The number of benzene rings is 3. The Labute approximate surface area is 217 Å². The molecule has 5 aromatic rings. The predicted molar refractivity (Wildman–Crippen MR) is 146 cm³/mol. The summed E-state index contributed by atoms with van der Waals surface area (Å²) in [6.45, 7) is 0.680. The van der Waals surface area contributed by atoms with Gasteiger partial charge < -0.3 is 8.98 Å². The summed E-state index contributed by atoms with van der Waals surface area (Å²) in [5.41, 5.74) is 3.24. The first-order valence-corrected chi connectivity index (χ1v) is 12.7. The standard InChI is InChI=1S/C30H22FN3O2S/c31-26-14-6-4-9-21(26)18-33-19-22(25-13-5-7-15-27(25)33)17-28-29(35)34(20-24-12-8-16-36-24)30(37-28)32-23-10-2-1-3-11-23/h1-17,19H,18,20H2. The van der Waals surface area contributed by atoms with E-state index < -0.39 is 0 Å². The number of para-hydroxylation sites is 2. The molecule has 1 aliphatic heterocycles. The number of amides is 1. The molecule has 6 rings (SSSR count). The summed E-state index contributed by atoms with van der Waals surface area (Å²) in [7, 11) is 0. The maximum Gasteiger partial charge on any atom is 0.267 e. The molecule has 5 nitrogen and oxygen atoms in total. The minimum atomic E-state index is -0.239. The number of carbonyl (C=O) groups is 1. The third-order valence-electron chi connectivity index (χ3n) is 6.17. The summed E-state index contributed by atoms with van der Waals surface area (Å²) in [5.74, 6) is 0.302. The Hall–Kier alpha value is -4.36. The monoisotopic (exact) mass is 507 g/mol. The van der Waals surface area contributed by atoms with E-state index in [4.69, 9.17) is 9.41 Å². The fraction of sp³-hybridized carbons (Fsp3) is 0.0667. The van der Waals surface area contributed by atoms with Gasteiger partial charge in [-0.05, 0) is 54.2 Å². The van der Waals surface area contributed by atoms with Gasteiger partial charge in [-0.2, -0.15) is 0 Å². The maximum absolute atomic E-state index is 14.4. The molecule has 182 valence electrons. The van der Waals surface area contributed by atoms with Gasteiger partial charge in [0.25, 0.3) is 5.91 Å². The average Bonchev–Trinajstić information content (AvgIpc) is 3.63. The lowest BCUT2D eigenvalue weighted by molar-refractivity contribution is -0.122. The largest absolute Gasteiger partial charge is 0.467 e. The van der Waals surface area contributed by atoms with E-state index in [9.17, 15) is 9.18 Å². The highest BCUT2D eigenvalue weighted by Crippen LogP contribution is 2.36. The average molecular weight is 508 g/mol. The zero-order chi connectivity index (χ0) is 25.2. The van der Waals surface area contributed by atoms with Crippen LogP contribution < -0.4 is 0 Å². The number of hydrogen-bond acceptors (Lipinski definition) is 4. The SMILES string of the molecule is O=C1C(=Cc2cn(Cc3ccccc3F)c3ccccc23)SC(=Nc2ccccc2)N1Cc1ccco1. The van der Waals surface area contributed by atoms with Crippen LogP contribution in [0.2, 0.25) is 0 Å². The lowest BCUT2D eigenvalue weighted by Gasteiger charge is -2.13. The lowest BCUT2D eigenvalue weighted by Crippen LogP contribution is -2.28. The van der Waals surface area contributed by atoms with Crippen LogP contribution in [0.4, 0.5) is 10.1 Å². The van der Waals surface area contributed by atoms with Crippen LogP contribution in [-0.4, -0.2) is 20.5 Å². The Bertz CT molecular complexity index is 1640. The van der Waals surface area contributed by atoms with Gasteiger partial charge >= 0.3 is 0 Å². The molecule has 37 heavy (non-hydrogen) atoms. The lowest BCUT2D eigenvalue weighted by atomic mass is 10.1. The molecule has 1 aliphatic rings. The molecule has 2 aromatic heterocycles. The van der Waals surface area contributed by atoms with E-state index >= 15 is 0 Å². The van der Waals surface area contributed by atoms with E-state index in [1.807, 2.05) is 83.6 Å². The number of fused-ring (bicyclic) bond motifs is 1. The summed E-state index contributed by atoms with van der Waals surface area (Å²) in [4.78, 5) is 20.5. The van der Waals surface area contributed by atoms with Crippen molar-refractivity contribution in [3.63, 3.8) is 0 Å². The van der Waals surface area contributed by atoms with Gasteiger partial charge in [0.2, 0.25) is 0 Å². The molecule has 1 saturated heterocycles. The van der Waals surface area contributed by atoms with Crippen molar-refractivity contribution in [3.8, 4) is 0 Å². The molecule has 1 fully saturated rings. The second kappa shape index (κ2) is 9.95. The van der Waals surface area contributed by atoms with Crippen molar-refractivity contribution < 1.29 is 13.6 Å². The van der Waals surface area contributed by atoms with Crippen LogP contribution in [-0.2, 0) is 17.9 Å². The van der Waals surface area contributed by atoms with Crippen molar-refractivity contribution in [2.75, 3.05) is 0 Å². The Morgan fingerprint density at radius 2 is 1.68 bits per heavy atom. The number of carbonyl (C=O) groups excluding carboxylic acids is 1. The molecule has 0 N–H and O–H groups in total. The molecule has 7 heteroatoms. The smallest absolute Gasteiger partial charge is 0.267 e. The van der Waals surface area contributed by atoms with E-state index in [0.29, 0.717) is 27.9 Å². The molecule has 1 amide bonds. The molecular formula is C30H22FN3O2S. The Morgan fingerprint density at radius 1 is 0.892 bits per heavy atom. The van der Waals surface area contributed by atoms with Crippen LogP contribution in [0.1, 0.15) is 16.9 Å². The number of hydrogen-bond donors (Lipinski definition) is 0. The van der Waals surface area contributed by atoms with Crippen molar-refractivity contribution in [1.82, 2.24) is 9.47 Å². The minimum absolute atomic E-state index is 0.137. The molecule has 0 atom stereocenters. The fourth-order valence-corrected chi connectivity index (χ4v) is 5.36. The topological polar surface area (TPSA) is 50.7 Å². The van der Waals surface area contributed by atoms with Gasteiger partial charge in [0.05, 0.1) is 29.9 Å². The highest BCUT2D eigenvalue weighted by atomic mass is 32.2. The van der Waals surface area contributed by atoms with Gasteiger partial charge in [-0.25, -0.2) is 9.38 Å². The zero-order valence-corrected chi connectivity index (χ0v) is 20.6.